The Kier molecular flexibility index (Phi) is 8.29. The summed E-state index contributed by atoms with van der Waals surface area (Å²) in [5.74, 6) is 2.01. The molecule has 1 N–H and O–H groups in total. The van der Waals surface area contributed by atoms with Crippen LogP contribution in [-0.2, 0) is 13.0 Å². The molecular formula is C31H38N10. The molecule has 0 bridgehead atoms. The minimum atomic E-state index is 0.556. The molecule has 10 nitrogen and oxygen atoms in total. The molecule has 2 aromatic heterocycles. The van der Waals surface area contributed by atoms with Gasteiger partial charge < -0.3 is 20.0 Å². The van der Waals surface area contributed by atoms with E-state index in [4.69, 9.17) is 4.98 Å². The third-order valence-corrected chi connectivity index (χ3v) is 7.91. The van der Waals surface area contributed by atoms with Gasteiger partial charge in [0, 0.05) is 76.4 Å². The number of likely N-dealkylation sites (tertiary alicyclic amines) is 1. The van der Waals surface area contributed by atoms with Crippen molar-refractivity contribution < 1.29 is 0 Å². The zero-order chi connectivity index (χ0) is 28.0. The van der Waals surface area contributed by atoms with Crippen LogP contribution in [0.2, 0.25) is 0 Å². The van der Waals surface area contributed by atoms with E-state index in [0.29, 0.717) is 17.9 Å². The minimum absolute atomic E-state index is 0.556. The molecule has 2 fully saturated rings. The molecule has 0 radical (unpaired) electrons. The van der Waals surface area contributed by atoms with E-state index >= 15 is 0 Å². The zero-order valence-electron chi connectivity index (χ0n) is 23.9. The molecule has 2 aromatic carbocycles. The lowest BCUT2D eigenvalue weighted by atomic mass is 10.1. The summed E-state index contributed by atoms with van der Waals surface area (Å²) in [4.78, 5) is 32.1. The highest BCUT2D eigenvalue weighted by atomic mass is 15.4. The molecule has 0 spiro atoms. The number of piperazine rings is 1. The van der Waals surface area contributed by atoms with Crippen LogP contribution < -0.4 is 15.1 Å². The number of likely N-dealkylation sites (N-methyl/N-ethyl adjacent to an activating group) is 1. The molecule has 1 atom stereocenters. The number of rotatable bonds is 9. The van der Waals surface area contributed by atoms with E-state index < -0.39 is 0 Å². The standard InChI is InChI=1S/C31H38N10/c1-38(2)28-11-12-39(22-28)21-25-9-6-10-27(18-25)36-29-34-23-35-31(37-29)41-15-13-40(14-16-41)30-32-19-26(20-33-30)17-24-7-4-3-5-8-24/h3-10,18-20,23,28H,11-17,21-22H2,1-2H3,(H,34,35,36,37). The first kappa shape index (κ1) is 27.0. The highest BCUT2D eigenvalue weighted by molar-refractivity contribution is 5.55. The summed E-state index contributed by atoms with van der Waals surface area (Å²) in [7, 11) is 4.34. The van der Waals surface area contributed by atoms with Crippen molar-refractivity contribution in [2.45, 2.75) is 25.4 Å². The van der Waals surface area contributed by atoms with Crippen LogP contribution in [-0.4, -0.2) is 94.1 Å². The summed E-state index contributed by atoms with van der Waals surface area (Å²) in [5, 5.41) is 3.39. The Hall–Kier alpha value is -4.15. The summed E-state index contributed by atoms with van der Waals surface area (Å²) >= 11 is 0. The maximum Gasteiger partial charge on any atom is 0.231 e. The lowest BCUT2D eigenvalue weighted by Crippen LogP contribution is -2.47. The summed E-state index contributed by atoms with van der Waals surface area (Å²) in [6, 6.07) is 19.6. The Labute approximate surface area is 242 Å². The summed E-state index contributed by atoms with van der Waals surface area (Å²) in [6.07, 6.45) is 7.52. The molecule has 1 unspecified atom stereocenters. The van der Waals surface area contributed by atoms with E-state index in [-0.39, 0.29) is 0 Å². The van der Waals surface area contributed by atoms with Crippen molar-refractivity contribution in [3.8, 4) is 0 Å². The van der Waals surface area contributed by atoms with Crippen LogP contribution in [0.1, 0.15) is 23.1 Å². The van der Waals surface area contributed by atoms with Gasteiger partial charge in [-0.1, -0.05) is 42.5 Å². The fraction of sp³-hybridized carbons (Fsp3) is 0.387. The predicted octanol–water partition coefficient (Wildman–Crippen LogP) is 3.46. The van der Waals surface area contributed by atoms with Crippen LogP contribution in [0.3, 0.4) is 0 Å². The van der Waals surface area contributed by atoms with Gasteiger partial charge in [-0.05, 0) is 49.3 Å². The Balaban J connectivity index is 1.02. The lowest BCUT2D eigenvalue weighted by molar-refractivity contribution is 0.265. The SMILES string of the molecule is CN(C)C1CCN(Cc2cccc(Nc3ncnc(N4CCN(c5ncc(Cc6ccccc6)cn5)CC4)n3)c2)C1. The van der Waals surface area contributed by atoms with Gasteiger partial charge in [0.1, 0.15) is 6.33 Å². The van der Waals surface area contributed by atoms with Gasteiger partial charge in [-0.3, -0.25) is 4.90 Å². The summed E-state index contributed by atoms with van der Waals surface area (Å²) < 4.78 is 0. The molecular weight excluding hydrogens is 512 g/mol. The van der Waals surface area contributed by atoms with Gasteiger partial charge in [-0.25, -0.2) is 19.9 Å². The van der Waals surface area contributed by atoms with Gasteiger partial charge in [0.2, 0.25) is 17.8 Å². The maximum absolute atomic E-state index is 4.73. The van der Waals surface area contributed by atoms with Crippen LogP contribution >= 0.6 is 0 Å². The zero-order valence-corrected chi connectivity index (χ0v) is 23.9. The minimum Gasteiger partial charge on any atom is -0.337 e. The van der Waals surface area contributed by atoms with E-state index in [1.807, 2.05) is 18.5 Å². The predicted molar refractivity (Wildman–Crippen MR) is 163 cm³/mol. The quantitative estimate of drug-likeness (QED) is 0.334. The average Bonchev–Trinajstić information content (AvgIpc) is 3.48. The lowest BCUT2D eigenvalue weighted by Gasteiger charge is -2.34. The Morgan fingerprint density at radius 1 is 0.780 bits per heavy atom. The van der Waals surface area contributed by atoms with Crippen LogP contribution in [0.15, 0.2) is 73.3 Å². The topological polar surface area (TPSA) is 89.4 Å². The number of hydrogen-bond donors (Lipinski definition) is 1. The van der Waals surface area contributed by atoms with Gasteiger partial charge in [0.15, 0.2) is 0 Å². The molecule has 2 saturated heterocycles. The van der Waals surface area contributed by atoms with Crippen molar-refractivity contribution in [1.29, 1.82) is 0 Å². The number of benzene rings is 2. The maximum atomic E-state index is 4.73. The van der Waals surface area contributed by atoms with Gasteiger partial charge >= 0.3 is 0 Å². The van der Waals surface area contributed by atoms with Crippen molar-refractivity contribution >= 4 is 23.5 Å². The third kappa shape index (κ3) is 6.96. The molecule has 2 aliphatic rings. The van der Waals surface area contributed by atoms with E-state index in [1.54, 1.807) is 6.33 Å². The highest BCUT2D eigenvalue weighted by Gasteiger charge is 2.24. The first-order chi connectivity index (χ1) is 20.1. The van der Waals surface area contributed by atoms with Crippen molar-refractivity contribution in [2.24, 2.45) is 0 Å². The van der Waals surface area contributed by atoms with Crippen molar-refractivity contribution in [3.05, 3.63) is 90.0 Å². The fourth-order valence-electron chi connectivity index (χ4n) is 5.55. The molecule has 6 rings (SSSR count). The van der Waals surface area contributed by atoms with E-state index in [2.05, 4.69) is 107 Å². The van der Waals surface area contributed by atoms with Crippen molar-refractivity contribution in [2.75, 3.05) is 68.5 Å². The summed E-state index contributed by atoms with van der Waals surface area (Å²) in [6.45, 7) is 6.39. The van der Waals surface area contributed by atoms with Crippen molar-refractivity contribution in [3.63, 3.8) is 0 Å². The molecule has 10 heteroatoms. The van der Waals surface area contributed by atoms with E-state index in [1.165, 1.54) is 17.5 Å². The Morgan fingerprint density at radius 2 is 1.51 bits per heavy atom. The molecule has 0 aliphatic carbocycles. The number of anilines is 4. The number of nitrogens with zero attached hydrogens (tertiary/aromatic N) is 9. The largest absolute Gasteiger partial charge is 0.337 e. The van der Waals surface area contributed by atoms with Crippen LogP contribution in [0.25, 0.3) is 0 Å². The first-order valence-electron chi connectivity index (χ1n) is 14.4. The molecule has 41 heavy (non-hydrogen) atoms. The molecule has 0 amide bonds. The molecule has 4 heterocycles. The van der Waals surface area contributed by atoms with Crippen LogP contribution in [0, 0.1) is 0 Å². The van der Waals surface area contributed by atoms with E-state index in [9.17, 15) is 0 Å². The fourth-order valence-corrected chi connectivity index (χ4v) is 5.55. The van der Waals surface area contributed by atoms with Gasteiger partial charge in [0.25, 0.3) is 0 Å². The third-order valence-electron chi connectivity index (χ3n) is 7.91. The van der Waals surface area contributed by atoms with E-state index in [0.717, 1.165) is 69.4 Å². The number of nitrogens with one attached hydrogen (secondary N) is 1. The Bertz CT molecular complexity index is 1400. The molecule has 4 aromatic rings. The second kappa shape index (κ2) is 12.6. The average molecular weight is 551 g/mol. The van der Waals surface area contributed by atoms with Gasteiger partial charge in [-0.15, -0.1) is 0 Å². The number of aromatic nitrogens is 5. The second-order valence-electron chi connectivity index (χ2n) is 11.1. The molecule has 212 valence electrons. The molecule has 0 saturated carbocycles. The molecule has 2 aliphatic heterocycles. The number of hydrogen-bond acceptors (Lipinski definition) is 10. The van der Waals surface area contributed by atoms with Crippen LogP contribution in [0.4, 0.5) is 23.5 Å². The monoisotopic (exact) mass is 550 g/mol. The highest BCUT2D eigenvalue weighted by Crippen LogP contribution is 2.21. The summed E-state index contributed by atoms with van der Waals surface area (Å²) in [5.41, 5.74) is 4.65. The Morgan fingerprint density at radius 3 is 2.24 bits per heavy atom. The normalized spacial score (nSPS) is 17.8. The van der Waals surface area contributed by atoms with Crippen molar-refractivity contribution in [1.82, 2.24) is 34.7 Å². The van der Waals surface area contributed by atoms with Gasteiger partial charge in [-0.2, -0.15) is 4.98 Å². The second-order valence-corrected chi connectivity index (χ2v) is 11.1. The van der Waals surface area contributed by atoms with Gasteiger partial charge in [0.05, 0.1) is 0 Å². The first-order valence-corrected chi connectivity index (χ1v) is 14.4. The van der Waals surface area contributed by atoms with Crippen LogP contribution in [0.5, 0.6) is 0 Å². The smallest absolute Gasteiger partial charge is 0.231 e.